The molecule has 0 aliphatic rings. The number of fused-ring (bicyclic) bond motifs is 1. The van der Waals surface area contributed by atoms with Crippen LogP contribution in [0.3, 0.4) is 0 Å². The van der Waals surface area contributed by atoms with Gasteiger partial charge in [0.1, 0.15) is 5.52 Å². The van der Waals surface area contributed by atoms with E-state index in [1.54, 1.807) is 6.20 Å². The van der Waals surface area contributed by atoms with Gasteiger partial charge >= 0.3 is 0 Å². The summed E-state index contributed by atoms with van der Waals surface area (Å²) in [6.07, 6.45) is 3.61. The maximum atomic E-state index is 4.46. The van der Waals surface area contributed by atoms with Crippen molar-refractivity contribution in [1.29, 1.82) is 0 Å². The van der Waals surface area contributed by atoms with Crippen molar-refractivity contribution >= 4 is 44.0 Å². The summed E-state index contributed by atoms with van der Waals surface area (Å²) in [5, 5.41) is 3.53. The predicted molar refractivity (Wildman–Crippen MR) is 88.3 cm³/mol. The topological polar surface area (TPSA) is 37.8 Å². The maximum Gasteiger partial charge on any atom is 0.112 e. The molecule has 1 unspecified atom stereocenters. The van der Waals surface area contributed by atoms with Gasteiger partial charge in [-0.05, 0) is 54.0 Å². The molecule has 0 aromatic carbocycles. The van der Waals surface area contributed by atoms with Gasteiger partial charge in [-0.2, -0.15) is 0 Å². The molecule has 0 spiro atoms. The van der Waals surface area contributed by atoms with Crippen molar-refractivity contribution in [2.24, 2.45) is 0 Å². The molecule has 0 aliphatic carbocycles. The first-order valence-corrected chi connectivity index (χ1v) is 7.97. The predicted octanol–water partition coefficient (Wildman–Crippen LogP) is 4.94. The number of aromatic nitrogens is 2. The normalized spacial score (nSPS) is 12.6. The lowest BCUT2D eigenvalue weighted by Crippen LogP contribution is -2.06. The summed E-state index contributed by atoms with van der Waals surface area (Å²) in [4.78, 5) is 11.5. The summed E-state index contributed by atoms with van der Waals surface area (Å²) >= 11 is 5.24. The van der Waals surface area contributed by atoms with Crippen molar-refractivity contribution in [2.45, 2.75) is 19.9 Å². The molecule has 102 valence electrons. The highest BCUT2D eigenvalue weighted by atomic mass is 79.9. The first-order chi connectivity index (χ1) is 9.63. The highest BCUT2D eigenvalue weighted by Crippen LogP contribution is 2.28. The number of thiophene rings is 1. The Kier molecular flexibility index (Phi) is 3.72. The van der Waals surface area contributed by atoms with E-state index in [0.29, 0.717) is 0 Å². The zero-order chi connectivity index (χ0) is 14.1. The van der Waals surface area contributed by atoms with E-state index in [4.69, 9.17) is 0 Å². The molecule has 20 heavy (non-hydrogen) atoms. The molecular formula is C15H14BrN3S. The standard InChI is InChI=1S/C15H14BrN3S/c1-9-3-4-14(20-9)10(2)19-12-5-6-17-13-7-11(16)8-18-15(12)13/h3-8,10H,1-2H3,(H,17,19). The third-order valence-corrected chi connectivity index (χ3v) is 4.72. The van der Waals surface area contributed by atoms with Gasteiger partial charge in [0.25, 0.3) is 0 Å². The Hall–Kier alpha value is -1.46. The average molecular weight is 348 g/mol. The Bertz CT molecular complexity index is 754. The molecule has 5 heteroatoms. The number of pyridine rings is 2. The minimum absolute atomic E-state index is 0.254. The number of rotatable bonds is 3. The van der Waals surface area contributed by atoms with Crippen LogP contribution < -0.4 is 5.32 Å². The first-order valence-electron chi connectivity index (χ1n) is 6.36. The fourth-order valence-corrected chi connectivity index (χ4v) is 3.31. The molecule has 1 atom stereocenters. The van der Waals surface area contributed by atoms with Crippen LogP contribution in [0.1, 0.15) is 22.7 Å². The van der Waals surface area contributed by atoms with Crippen molar-refractivity contribution in [3.8, 4) is 0 Å². The molecule has 0 amide bonds. The maximum absolute atomic E-state index is 4.46. The van der Waals surface area contributed by atoms with E-state index in [1.807, 2.05) is 29.7 Å². The minimum atomic E-state index is 0.254. The molecule has 0 aliphatic heterocycles. The highest BCUT2D eigenvalue weighted by Gasteiger charge is 2.10. The Morgan fingerprint density at radius 1 is 1.25 bits per heavy atom. The number of nitrogens with zero attached hydrogens (tertiary/aromatic N) is 2. The molecule has 0 saturated heterocycles. The van der Waals surface area contributed by atoms with Crippen molar-refractivity contribution in [1.82, 2.24) is 9.97 Å². The summed E-state index contributed by atoms with van der Waals surface area (Å²) in [6, 6.07) is 8.53. The van der Waals surface area contributed by atoms with Gasteiger partial charge < -0.3 is 5.32 Å². The zero-order valence-corrected chi connectivity index (χ0v) is 13.6. The van der Waals surface area contributed by atoms with Gasteiger partial charge in [0, 0.05) is 26.6 Å². The second kappa shape index (κ2) is 5.50. The minimum Gasteiger partial charge on any atom is -0.376 e. The van der Waals surface area contributed by atoms with Crippen LogP contribution in [0.15, 0.2) is 41.1 Å². The molecule has 0 saturated carbocycles. The van der Waals surface area contributed by atoms with Gasteiger partial charge in [0.05, 0.1) is 17.2 Å². The Morgan fingerprint density at radius 2 is 2.10 bits per heavy atom. The monoisotopic (exact) mass is 347 g/mol. The molecule has 0 bridgehead atoms. The van der Waals surface area contributed by atoms with E-state index in [0.717, 1.165) is 21.2 Å². The van der Waals surface area contributed by atoms with Crippen LogP contribution in [-0.4, -0.2) is 9.97 Å². The van der Waals surface area contributed by atoms with Gasteiger partial charge in [-0.1, -0.05) is 0 Å². The van der Waals surface area contributed by atoms with Gasteiger partial charge in [-0.25, -0.2) is 0 Å². The fourth-order valence-electron chi connectivity index (χ4n) is 2.11. The average Bonchev–Trinajstić information content (AvgIpc) is 2.85. The highest BCUT2D eigenvalue weighted by molar-refractivity contribution is 9.10. The smallest absolute Gasteiger partial charge is 0.112 e. The van der Waals surface area contributed by atoms with Gasteiger partial charge in [0.2, 0.25) is 0 Å². The third kappa shape index (κ3) is 2.69. The lowest BCUT2D eigenvalue weighted by Gasteiger charge is -2.15. The molecule has 0 fully saturated rings. The summed E-state index contributed by atoms with van der Waals surface area (Å²) in [5.41, 5.74) is 2.80. The Balaban J connectivity index is 1.94. The second-order valence-corrected chi connectivity index (χ2v) is 6.93. The molecule has 3 nitrogen and oxygen atoms in total. The number of anilines is 1. The lowest BCUT2D eigenvalue weighted by molar-refractivity contribution is 0.909. The van der Waals surface area contributed by atoms with Crippen molar-refractivity contribution in [3.63, 3.8) is 0 Å². The van der Waals surface area contributed by atoms with Crippen LogP contribution in [0.2, 0.25) is 0 Å². The van der Waals surface area contributed by atoms with Gasteiger partial charge in [0.15, 0.2) is 0 Å². The van der Waals surface area contributed by atoms with Gasteiger partial charge in [-0.3, -0.25) is 9.97 Å². The molecular weight excluding hydrogens is 334 g/mol. The van der Waals surface area contributed by atoms with E-state index >= 15 is 0 Å². The molecule has 0 radical (unpaired) electrons. The summed E-state index contributed by atoms with van der Waals surface area (Å²) in [5.74, 6) is 0. The molecule has 1 N–H and O–H groups in total. The van der Waals surface area contributed by atoms with Gasteiger partial charge in [-0.15, -0.1) is 11.3 Å². The van der Waals surface area contributed by atoms with Crippen LogP contribution in [0.4, 0.5) is 5.69 Å². The summed E-state index contributed by atoms with van der Waals surface area (Å²) in [7, 11) is 0. The number of hydrogen-bond acceptors (Lipinski definition) is 4. The summed E-state index contributed by atoms with van der Waals surface area (Å²) in [6.45, 7) is 4.29. The van der Waals surface area contributed by atoms with Crippen molar-refractivity contribution in [3.05, 3.63) is 50.9 Å². The lowest BCUT2D eigenvalue weighted by atomic mass is 10.2. The number of halogens is 1. The van der Waals surface area contributed by atoms with E-state index < -0.39 is 0 Å². The zero-order valence-electron chi connectivity index (χ0n) is 11.2. The largest absolute Gasteiger partial charge is 0.376 e. The Morgan fingerprint density at radius 3 is 2.85 bits per heavy atom. The molecule has 3 rings (SSSR count). The molecule has 3 aromatic heterocycles. The molecule has 3 aromatic rings. The first kappa shape index (κ1) is 13.5. The van der Waals surface area contributed by atoms with Crippen LogP contribution in [0, 0.1) is 6.92 Å². The van der Waals surface area contributed by atoms with Crippen LogP contribution in [-0.2, 0) is 0 Å². The third-order valence-electron chi connectivity index (χ3n) is 3.10. The second-order valence-electron chi connectivity index (χ2n) is 4.69. The van der Waals surface area contributed by atoms with Crippen molar-refractivity contribution < 1.29 is 0 Å². The number of hydrogen-bond donors (Lipinski definition) is 1. The van der Waals surface area contributed by atoms with E-state index in [-0.39, 0.29) is 6.04 Å². The molecule has 3 heterocycles. The van der Waals surface area contributed by atoms with Crippen LogP contribution in [0.25, 0.3) is 11.0 Å². The Labute approximate surface area is 130 Å². The summed E-state index contributed by atoms with van der Waals surface area (Å²) < 4.78 is 0.941. The number of nitrogens with one attached hydrogen (secondary N) is 1. The van der Waals surface area contributed by atoms with E-state index in [1.165, 1.54) is 9.75 Å². The van der Waals surface area contributed by atoms with Crippen molar-refractivity contribution in [2.75, 3.05) is 5.32 Å². The van der Waals surface area contributed by atoms with E-state index in [9.17, 15) is 0 Å². The quantitative estimate of drug-likeness (QED) is 0.729. The SMILES string of the molecule is Cc1ccc(C(C)Nc2ccnc3cc(Br)cnc23)s1. The van der Waals surface area contributed by atoms with E-state index in [2.05, 4.69) is 57.2 Å². The van der Waals surface area contributed by atoms with Crippen LogP contribution >= 0.6 is 27.3 Å². The fraction of sp³-hybridized carbons (Fsp3) is 0.200. The van der Waals surface area contributed by atoms with Crippen LogP contribution in [0.5, 0.6) is 0 Å². The number of aryl methyl sites for hydroxylation is 1.